The molecule has 2 heterocycles. The van der Waals surface area contributed by atoms with E-state index < -0.39 is 0 Å². The Morgan fingerprint density at radius 2 is 1.55 bits per heavy atom. The van der Waals surface area contributed by atoms with Crippen LogP contribution in [-0.2, 0) is 6.42 Å². The van der Waals surface area contributed by atoms with Crippen molar-refractivity contribution < 1.29 is 0 Å². The summed E-state index contributed by atoms with van der Waals surface area (Å²) in [6.45, 7) is 0. The second-order valence-corrected chi connectivity index (χ2v) is 10.2. The molecule has 38 heavy (non-hydrogen) atoms. The van der Waals surface area contributed by atoms with Crippen LogP contribution in [0.15, 0.2) is 115 Å². The van der Waals surface area contributed by atoms with E-state index in [4.69, 9.17) is 10.2 Å². The van der Waals surface area contributed by atoms with E-state index in [0.29, 0.717) is 5.92 Å². The van der Waals surface area contributed by atoms with Gasteiger partial charge in [0.25, 0.3) is 0 Å². The number of nitrogens with zero attached hydrogens (tertiary/aromatic N) is 4. The Bertz CT molecular complexity index is 1880. The fraction of sp³-hybridized carbons (Fsp3) is 0.118. The van der Waals surface area contributed by atoms with E-state index in [1.54, 1.807) is 0 Å². The molecule has 5 aromatic rings. The van der Waals surface area contributed by atoms with Crippen LogP contribution in [0.4, 0.5) is 0 Å². The van der Waals surface area contributed by atoms with Gasteiger partial charge in [-0.2, -0.15) is 0 Å². The van der Waals surface area contributed by atoms with Gasteiger partial charge in [0.05, 0.1) is 11.2 Å². The van der Waals surface area contributed by atoms with Crippen molar-refractivity contribution in [2.75, 3.05) is 0 Å². The average Bonchev–Trinajstić information content (AvgIpc) is 3.55. The van der Waals surface area contributed by atoms with Crippen LogP contribution in [0.5, 0.6) is 0 Å². The third-order valence-electron chi connectivity index (χ3n) is 8.11. The lowest BCUT2D eigenvalue weighted by atomic mass is 9.82. The Morgan fingerprint density at radius 3 is 2.53 bits per heavy atom. The van der Waals surface area contributed by atoms with Crippen LogP contribution in [0.3, 0.4) is 0 Å². The lowest BCUT2D eigenvalue weighted by Gasteiger charge is -2.29. The van der Waals surface area contributed by atoms with Crippen molar-refractivity contribution in [2.24, 2.45) is 11.8 Å². The molecular weight excluding hydrogens is 464 g/mol. The summed E-state index contributed by atoms with van der Waals surface area (Å²) in [7, 11) is 0. The number of rotatable bonds is 3. The maximum absolute atomic E-state index is 4.95. The Balaban J connectivity index is 1.46. The number of para-hydroxylation sites is 1. The van der Waals surface area contributed by atoms with Crippen LogP contribution < -0.4 is 0 Å². The summed E-state index contributed by atoms with van der Waals surface area (Å²) in [5, 5.41) is 13.5. The van der Waals surface area contributed by atoms with Gasteiger partial charge in [-0.1, -0.05) is 103 Å². The monoisotopic (exact) mass is 490 g/mol. The molecule has 4 nitrogen and oxygen atoms in total. The Hall–Kier alpha value is -4.70. The van der Waals surface area contributed by atoms with Gasteiger partial charge in [-0.25, -0.2) is 0 Å². The normalized spacial score (nSPS) is 19.6. The number of hydrogen-bond donors (Lipinski definition) is 0. The highest BCUT2D eigenvalue weighted by Crippen LogP contribution is 2.41. The molecule has 3 aliphatic carbocycles. The van der Waals surface area contributed by atoms with E-state index in [1.165, 1.54) is 38.6 Å². The zero-order valence-corrected chi connectivity index (χ0v) is 20.9. The largest absolute Gasteiger partial charge is 0.278 e. The van der Waals surface area contributed by atoms with Crippen LogP contribution in [0.2, 0.25) is 0 Å². The van der Waals surface area contributed by atoms with Crippen LogP contribution in [0.1, 0.15) is 17.7 Å². The maximum atomic E-state index is 4.95. The van der Waals surface area contributed by atoms with E-state index in [-0.39, 0.29) is 5.92 Å². The summed E-state index contributed by atoms with van der Waals surface area (Å²) in [4.78, 5) is 0. The zero-order valence-electron chi connectivity index (χ0n) is 20.9. The molecule has 0 fully saturated rings. The Morgan fingerprint density at radius 1 is 0.737 bits per heavy atom. The minimum absolute atomic E-state index is 0.210. The Labute approximate surface area is 221 Å². The molecule has 4 heteroatoms. The van der Waals surface area contributed by atoms with E-state index in [9.17, 15) is 0 Å². The van der Waals surface area contributed by atoms with Crippen molar-refractivity contribution in [3.8, 4) is 17.3 Å². The van der Waals surface area contributed by atoms with Gasteiger partial charge in [-0.3, -0.25) is 9.13 Å². The molecule has 0 saturated heterocycles. The molecule has 2 atom stereocenters. The molecule has 0 saturated carbocycles. The molecule has 0 amide bonds. The molecule has 3 aromatic carbocycles. The van der Waals surface area contributed by atoms with Crippen molar-refractivity contribution in [3.63, 3.8) is 0 Å². The highest BCUT2D eigenvalue weighted by atomic mass is 15.4. The average molecular weight is 491 g/mol. The summed E-state index contributed by atoms with van der Waals surface area (Å²) in [6.07, 6.45) is 22.2. The van der Waals surface area contributed by atoms with Gasteiger partial charge in [0.2, 0.25) is 5.95 Å². The van der Waals surface area contributed by atoms with E-state index in [1.807, 2.05) is 0 Å². The van der Waals surface area contributed by atoms with Crippen LogP contribution in [-0.4, -0.2) is 19.3 Å². The summed E-state index contributed by atoms with van der Waals surface area (Å²) >= 11 is 0. The van der Waals surface area contributed by atoms with E-state index in [2.05, 4.69) is 131 Å². The molecule has 0 bridgehead atoms. The molecular formula is C34H26N4. The first-order valence-corrected chi connectivity index (χ1v) is 13.3. The number of allylic oxidation sites excluding steroid dienone is 9. The topological polar surface area (TPSA) is 35.6 Å². The van der Waals surface area contributed by atoms with Crippen molar-refractivity contribution in [1.29, 1.82) is 0 Å². The highest BCUT2D eigenvalue weighted by Gasteiger charge is 2.31. The third-order valence-corrected chi connectivity index (χ3v) is 8.11. The number of benzene rings is 3. The van der Waals surface area contributed by atoms with Crippen LogP contribution >= 0.6 is 0 Å². The van der Waals surface area contributed by atoms with Gasteiger partial charge >= 0.3 is 0 Å². The predicted molar refractivity (Wildman–Crippen MR) is 156 cm³/mol. The smallest absolute Gasteiger partial charge is 0.241 e. The zero-order chi connectivity index (χ0) is 25.1. The molecule has 2 unspecified atom stereocenters. The molecule has 0 aliphatic heterocycles. The fourth-order valence-corrected chi connectivity index (χ4v) is 6.38. The van der Waals surface area contributed by atoms with Gasteiger partial charge in [0.1, 0.15) is 0 Å². The quantitative estimate of drug-likeness (QED) is 0.259. The lowest BCUT2D eigenvalue weighted by Crippen LogP contribution is -2.21. The second-order valence-electron chi connectivity index (χ2n) is 10.2. The molecule has 3 aliphatic rings. The number of aryl methyl sites for hydroxylation is 1. The van der Waals surface area contributed by atoms with Crippen LogP contribution in [0.25, 0.3) is 50.8 Å². The number of hydrogen-bond acceptors (Lipinski definition) is 2. The van der Waals surface area contributed by atoms with Gasteiger partial charge in [-0.05, 0) is 47.4 Å². The molecule has 0 radical (unpaired) electrons. The van der Waals surface area contributed by atoms with Crippen molar-refractivity contribution in [1.82, 2.24) is 19.3 Å². The molecule has 2 aromatic heterocycles. The van der Waals surface area contributed by atoms with Gasteiger partial charge < -0.3 is 0 Å². The second kappa shape index (κ2) is 8.42. The first kappa shape index (κ1) is 21.4. The third kappa shape index (κ3) is 3.10. The van der Waals surface area contributed by atoms with Crippen molar-refractivity contribution >= 4 is 33.4 Å². The van der Waals surface area contributed by atoms with Crippen molar-refractivity contribution in [2.45, 2.75) is 12.8 Å². The van der Waals surface area contributed by atoms with Gasteiger partial charge in [-0.15, -0.1) is 10.2 Å². The van der Waals surface area contributed by atoms with E-state index in [0.717, 1.165) is 30.2 Å². The molecule has 0 N–H and O–H groups in total. The fourth-order valence-electron chi connectivity index (χ4n) is 6.38. The minimum Gasteiger partial charge on any atom is -0.278 e. The number of aromatic nitrogens is 4. The standard InChI is InChI=1S/C34H26N4/c1-3-15-25-23(11-1)13-9-19-29(25)33-35-36-34(38(33)30-22-10-14-24-12-2-4-16-26(24)30)37-31-20-7-5-17-27(31)28-18-6-8-21-32(28)37/h1-5,7-17,19-22,24,26H,6,18H2. The summed E-state index contributed by atoms with van der Waals surface area (Å²) in [6, 6.07) is 23.7. The highest BCUT2D eigenvalue weighted by molar-refractivity contribution is 5.96. The SMILES string of the molecule is C1=CC2C=CC=C(n3c(-c4cccc5ccccc45)nnc3-n3c4c(c5ccccc53)CCC=C4)C2C=C1. The molecule has 8 rings (SSSR count). The summed E-state index contributed by atoms with van der Waals surface area (Å²) in [5.41, 5.74) is 6.04. The first-order valence-electron chi connectivity index (χ1n) is 13.3. The van der Waals surface area contributed by atoms with Gasteiger partial charge in [0, 0.05) is 28.5 Å². The Kier molecular flexibility index (Phi) is 4.74. The first-order chi connectivity index (χ1) is 18.9. The predicted octanol–water partition coefficient (Wildman–Crippen LogP) is 7.77. The summed E-state index contributed by atoms with van der Waals surface area (Å²) in [5.74, 6) is 2.22. The lowest BCUT2D eigenvalue weighted by molar-refractivity contribution is 0.646. The maximum Gasteiger partial charge on any atom is 0.241 e. The molecule has 182 valence electrons. The molecule has 0 spiro atoms. The van der Waals surface area contributed by atoms with Crippen molar-refractivity contribution in [3.05, 3.63) is 127 Å². The van der Waals surface area contributed by atoms with E-state index >= 15 is 0 Å². The minimum atomic E-state index is 0.210. The van der Waals surface area contributed by atoms with Gasteiger partial charge in [0.15, 0.2) is 5.82 Å². The number of fused-ring (bicyclic) bond motifs is 5. The summed E-state index contributed by atoms with van der Waals surface area (Å²) < 4.78 is 4.63. The van der Waals surface area contributed by atoms with Crippen LogP contribution in [0, 0.1) is 11.8 Å².